The molecule has 19 heavy (non-hydrogen) atoms. The molecule has 5 heteroatoms. The third-order valence-electron chi connectivity index (χ3n) is 2.56. The highest BCUT2D eigenvalue weighted by molar-refractivity contribution is 5.97. The number of unbranched alkanes of at least 4 members (excludes halogenated alkanes) is 2. The molecule has 0 bridgehead atoms. The van der Waals surface area contributed by atoms with Crippen molar-refractivity contribution in [2.45, 2.75) is 32.6 Å². The largest absolute Gasteiger partial charge is 0.478 e. The summed E-state index contributed by atoms with van der Waals surface area (Å²) in [5.74, 6) is -2.38. The van der Waals surface area contributed by atoms with Crippen LogP contribution < -0.4 is 0 Å². The molecule has 0 unspecified atom stereocenters. The van der Waals surface area contributed by atoms with Crippen molar-refractivity contribution < 1.29 is 24.2 Å². The molecule has 1 rings (SSSR count). The standard InChI is InChI=1S/C14H16O5/c1-2-3-4-5-12(15)19-14(18)11-8-6-10(7-9-11)13(16)17/h6-9H,2-5H2,1H3,(H,16,17). The Kier molecular flexibility index (Phi) is 5.73. The zero-order valence-electron chi connectivity index (χ0n) is 10.7. The van der Waals surface area contributed by atoms with Gasteiger partial charge in [0.2, 0.25) is 0 Å². The van der Waals surface area contributed by atoms with E-state index in [1.807, 2.05) is 6.92 Å². The van der Waals surface area contributed by atoms with Gasteiger partial charge in [-0.1, -0.05) is 19.8 Å². The lowest BCUT2D eigenvalue weighted by Crippen LogP contribution is -2.12. The predicted molar refractivity (Wildman–Crippen MR) is 68.0 cm³/mol. The number of ether oxygens (including phenoxy) is 1. The van der Waals surface area contributed by atoms with E-state index in [-0.39, 0.29) is 17.5 Å². The molecule has 102 valence electrons. The van der Waals surface area contributed by atoms with Gasteiger partial charge in [0.25, 0.3) is 0 Å². The van der Waals surface area contributed by atoms with Crippen LogP contribution in [0.1, 0.15) is 53.3 Å². The molecule has 0 heterocycles. The molecule has 0 saturated heterocycles. The normalized spacial score (nSPS) is 9.95. The van der Waals surface area contributed by atoms with Gasteiger partial charge in [-0.2, -0.15) is 0 Å². The van der Waals surface area contributed by atoms with E-state index in [2.05, 4.69) is 4.74 Å². The van der Waals surface area contributed by atoms with Crippen molar-refractivity contribution in [3.05, 3.63) is 35.4 Å². The van der Waals surface area contributed by atoms with Crippen LogP contribution in [0.5, 0.6) is 0 Å². The fourth-order valence-electron chi connectivity index (χ4n) is 1.48. The molecule has 0 aromatic heterocycles. The van der Waals surface area contributed by atoms with E-state index in [0.717, 1.165) is 12.8 Å². The summed E-state index contributed by atoms with van der Waals surface area (Å²) >= 11 is 0. The molecule has 1 aromatic rings. The van der Waals surface area contributed by atoms with Gasteiger partial charge in [0, 0.05) is 6.42 Å². The quantitative estimate of drug-likeness (QED) is 0.485. The number of aromatic carboxylic acids is 1. The first kappa shape index (κ1) is 14.9. The monoisotopic (exact) mass is 264 g/mol. The zero-order chi connectivity index (χ0) is 14.3. The van der Waals surface area contributed by atoms with Crippen molar-refractivity contribution in [3.8, 4) is 0 Å². The first-order chi connectivity index (χ1) is 9.04. The van der Waals surface area contributed by atoms with Crippen molar-refractivity contribution in [1.29, 1.82) is 0 Å². The minimum absolute atomic E-state index is 0.0748. The van der Waals surface area contributed by atoms with Gasteiger partial charge >= 0.3 is 17.9 Å². The van der Waals surface area contributed by atoms with Crippen LogP contribution >= 0.6 is 0 Å². The lowest BCUT2D eigenvalue weighted by molar-refractivity contribution is -0.138. The molecule has 5 nitrogen and oxygen atoms in total. The maximum atomic E-state index is 11.6. The fourth-order valence-corrected chi connectivity index (χ4v) is 1.48. The summed E-state index contributed by atoms with van der Waals surface area (Å²) in [5.41, 5.74) is 0.236. The molecule has 0 aliphatic rings. The number of carbonyl (C=O) groups excluding carboxylic acids is 2. The Hall–Kier alpha value is -2.17. The van der Waals surface area contributed by atoms with E-state index < -0.39 is 17.9 Å². The lowest BCUT2D eigenvalue weighted by Gasteiger charge is -2.03. The average molecular weight is 264 g/mol. The minimum atomic E-state index is -1.07. The van der Waals surface area contributed by atoms with Crippen LogP contribution in [0.2, 0.25) is 0 Å². The number of carboxylic acids is 1. The van der Waals surface area contributed by atoms with E-state index in [1.54, 1.807) is 0 Å². The van der Waals surface area contributed by atoms with Gasteiger partial charge < -0.3 is 9.84 Å². The van der Waals surface area contributed by atoms with Crippen LogP contribution in [0.15, 0.2) is 24.3 Å². The fraction of sp³-hybridized carbons (Fsp3) is 0.357. The number of hydrogen-bond acceptors (Lipinski definition) is 4. The highest BCUT2D eigenvalue weighted by Crippen LogP contribution is 2.08. The second-order valence-electron chi connectivity index (χ2n) is 4.10. The molecular formula is C14H16O5. The Morgan fingerprint density at radius 2 is 1.63 bits per heavy atom. The highest BCUT2D eigenvalue weighted by atomic mass is 16.6. The number of esters is 2. The van der Waals surface area contributed by atoms with Crippen LogP contribution in [-0.4, -0.2) is 23.0 Å². The van der Waals surface area contributed by atoms with Gasteiger partial charge in [-0.25, -0.2) is 9.59 Å². The summed E-state index contributed by atoms with van der Waals surface area (Å²) in [4.78, 5) is 33.6. The van der Waals surface area contributed by atoms with Crippen molar-refractivity contribution >= 4 is 17.9 Å². The van der Waals surface area contributed by atoms with Gasteiger partial charge in [-0.05, 0) is 30.7 Å². The maximum Gasteiger partial charge on any atom is 0.345 e. The van der Waals surface area contributed by atoms with Crippen molar-refractivity contribution in [2.75, 3.05) is 0 Å². The van der Waals surface area contributed by atoms with Gasteiger partial charge in [0.15, 0.2) is 0 Å². The Morgan fingerprint density at radius 3 is 2.16 bits per heavy atom. The van der Waals surface area contributed by atoms with E-state index in [9.17, 15) is 14.4 Å². The van der Waals surface area contributed by atoms with Crippen LogP contribution in [0, 0.1) is 0 Å². The zero-order valence-corrected chi connectivity index (χ0v) is 10.7. The Balaban J connectivity index is 2.53. The second kappa shape index (κ2) is 7.31. The third-order valence-corrected chi connectivity index (χ3v) is 2.56. The lowest BCUT2D eigenvalue weighted by atomic mass is 10.1. The van der Waals surface area contributed by atoms with Crippen LogP contribution in [-0.2, 0) is 9.53 Å². The minimum Gasteiger partial charge on any atom is -0.478 e. The molecule has 1 aromatic carbocycles. The van der Waals surface area contributed by atoms with Gasteiger partial charge in [0.1, 0.15) is 0 Å². The first-order valence-electron chi connectivity index (χ1n) is 6.13. The van der Waals surface area contributed by atoms with Crippen LogP contribution in [0.25, 0.3) is 0 Å². The van der Waals surface area contributed by atoms with Crippen molar-refractivity contribution in [3.63, 3.8) is 0 Å². The summed E-state index contributed by atoms with van der Waals surface area (Å²) in [6.07, 6.45) is 2.81. The molecule has 0 saturated carbocycles. The summed E-state index contributed by atoms with van der Waals surface area (Å²) in [6.45, 7) is 2.01. The van der Waals surface area contributed by atoms with Gasteiger partial charge in [-0.3, -0.25) is 4.79 Å². The maximum absolute atomic E-state index is 11.6. The molecule has 1 N–H and O–H groups in total. The summed E-state index contributed by atoms with van der Waals surface area (Å²) in [7, 11) is 0. The van der Waals surface area contributed by atoms with Gasteiger partial charge in [-0.15, -0.1) is 0 Å². The van der Waals surface area contributed by atoms with Crippen LogP contribution in [0.4, 0.5) is 0 Å². The average Bonchev–Trinajstić information content (AvgIpc) is 2.39. The first-order valence-corrected chi connectivity index (χ1v) is 6.13. The smallest absolute Gasteiger partial charge is 0.345 e. The topological polar surface area (TPSA) is 80.7 Å². The van der Waals surface area contributed by atoms with Crippen molar-refractivity contribution in [1.82, 2.24) is 0 Å². The molecule has 0 spiro atoms. The van der Waals surface area contributed by atoms with Gasteiger partial charge in [0.05, 0.1) is 11.1 Å². The molecule has 0 aliphatic heterocycles. The van der Waals surface area contributed by atoms with E-state index in [0.29, 0.717) is 6.42 Å². The number of carboxylic acid groups (broad SMARTS) is 1. The number of benzene rings is 1. The highest BCUT2D eigenvalue weighted by Gasteiger charge is 2.13. The molecular weight excluding hydrogens is 248 g/mol. The molecule has 0 atom stereocenters. The molecule has 0 fully saturated rings. The molecule has 0 radical (unpaired) electrons. The Morgan fingerprint density at radius 1 is 1.05 bits per heavy atom. The second-order valence-corrected chi connectivity index (χ2v) is 4.10. The summed E-state index contributed by atoms with van der Waals surface area (Å²) in [5, 5.41) is 8.71. The third kappa shape index (κ3) is 4.91. The summed E-state index contributed by atoms with van der Waals surface area (Å²) < 4.78 is 4.66. The Labute approximate surface area is 111 Å². The molecule has 0 aliphatic carbocycles. The van der Waals surface area contributed by atoms with Crippen molar-refractivity contribution in [2.24, 2.45) is 0 Å². The Bertz CT molecular complexity index is 461. The summed E-state index contributed by atoms with van der Waals surface area (Å²) in [6, 6.07) is 5.23. The number of carbonyl (C=O) groups is 3. The van der Waals surface area contributed by atoms with E-state index >= 15 is 0 Å². The van der Waals surface area contributed by atoms with Crippen LogP contribution in [0.3, 0.4) is 0 Å². The predicted octanol–water partition coefficient (Wildman–Crippen LogP) is 2.65. The molecule has 0 amide bonds. The number of hydrogen-bond donors (Lipinski definition) is 1. The number of rotatable bonds is 6. The van der Waals surface area contributed by atoms with E-state index in [4.69, 9.17) is 5.11 Å². The SMILES string of the molecule is CCCCCC(=O)OC(=O)c1ccc(C(=O)O)cc1. The van der Waals surface area contributed by atoms with E-state index in [1.165, 1.54) is 24.3 Å².